The fourth-order valence-corrected chi connectivity index (χ4v) is 5.39. The lowest BCUT2D eigenvalue weighted by Gasteiger charge is -2.36. The standard InChI is InChI=1S/C27H30F3N3O3S/c1-16(32-24(35)22-15-37-25(33-22)23(34)26(2)9-11-36-12-10-26)17-3-5-18(6-4-17)21-13-20(27(28,29)30)8-7-19(21)14-31/h3-8,13,15-16,23,34H,9-12,14,31H2,1-2H3,(H,32,35)/t16-,23?/m1/s1. The van der Waals surface area contributed by atoms with E-state index in [1.165, 1.54) is 17.4 Å². The number of nitrogens with zero attached hydrogens (tertiary/aromatic N) is 1. The Labute approximate surface area is 217 Å². The minimum absolute atomic E-state index is 0.110. The number of aromatic nitrogens is 1. The molecule has 4 rings (SSSR count). The number of aliphatic hydroxyl groups excluding tert-OH is 1. The van der Waals surface area contributed by atoms with Gasteiger partial charge >= 0.3 is 6.18 Å². The molecule has 198 valence electrons. The van der Waals surface area contributed by atoms with Crippen molar-refractivity contribution in [1.82, 2.24) is 10.3 Å². The van der Waals surface area contributed by atoms with Crippen molar-refractivity contribution in [3.63, 3.8) is 0 Å². The molecule has 0 saturated carbocycles. The minimum Gasteiger partial charge on any atom is -0.385 e. The lowest BCUT2D eigenvalue weighted by Crippen LogP contribution is -2.33. The van der Waals surface area contributed by atoms with Gasteiger partial charge in [0.25, 0.3) is 5.91 Å². The largest absolute Gasteiger partial charge is 0.416 e. The summed E-state index contributed by atoms with van der Waals surface area (Å²) in [5, 5.41) is 15.9. The van der Waals surface area contributed by atoms with E-state index in [0.717, 1.165) is 30.5 Å². The molecule has 2 heterocycles. The number of nitrogens with one attached hydrogen (secondary N) is 1. The van der Waals surface area contributed by atoms with E-state index in [4.69, 9.17) is 10.5 Å². The molecule has 0 bridgehead atoms. The Kier molecular flexibility index (Phi) is 8.03. The van der Waals surface area contributed by atoms with Crippen LogP contribution in [-0.4, -0.2) is 29.2 Å². The van der Waals surface area contributed by atoms with Crippen molar-refractivity contribution in [2.45, 2.75) is 51.6 Å². The molecular weight excluding hydrogens is 503 g/mol. The van der Waals surface area contributed by atoms with Gasteiger partial charge in [-0.2, -0.15) is 13.2 Å². The molecule has 1 amide bonds. The third-order valence-corrected chi connectivity index (χ3v) is 7.91. The second kappa shape index (κ2) is 10.9. The molecule has 4 N–H and O–H groups in total. The Morgan fingerprint density at radius 1 is 1.22 bits per heavy atom. The summed E-state index contributed by atoms with van der Waals surface area (Å²) in [5.41, 5.74) is 7.32. The Morgan fingerprint density at radius 2 is 1.89 bits per heavy atom. The second-order valence-electron chi connectivity index (χ2n) is 9.63. The zero-order chi connectivity index (χ0) is 26.8. The predicted molar refractivity (Wildman–Crippen MR) is 136 cm³/mol. The molecule has 3 aromatic rings. The summed E-state index contributed by atoms with van der Waals surface area (Å²) in [5.74, 6) is -0.369. The van der Waals surface area contributed by atoms with Gasteiger partial charge < -0.3 is 20.9 Å². The average Bonchev–Trinajstić information content (AvgIpc) is 3.38. The van der Waals surface area contributed by atoms with Crippen LogP contribution < -0.4 is 11.1 Å². The van der Waals surface area contributed by atoms with Crippen LogP contribution in [0.15, 0.2) is 47.8 Å². The van der Waals surface area contributed by atoms with Gasteiger partial charge in [-0.15, -0.1) is 11.3 Å². The molecule has 1 fully saturated rings. The van der Waals surface area contributed by atoms with Gasteiger partial charge in [-0.3, -0.25) is 4.79 Å². The van der Waals surface area contributed by atoms with Crippen molar-refractivity contribution in [3.05, 3.63) is 75.2 Å². The van der Waals surface area contributed by atoms with Gasteiger partial charge in [0.15, 0.2) is 0 Å². The summed E-state index contributed by atoms with van der Waals surface area (Å²) in [4.78, 5) is 17.2. The van der Waals surface area contributed by atoms with E-state index in [9.17, 15) is 23.1 Å². The highest BCUT2D eigenvalue weighted by Crippen LogP contribution is 2.43. The van der Waals surface area contributed by atoms with Gasteiger partial charge in [0.05, 0.1) is 11.6 Å². The molecule has 1 aromatic heterocycles. The van der Waals surface area contributed by atoms with Crippen LogP contribution in [0.4, 0.5) is 13.2 Å². The molecule has 1 aliphatic rings. The highest BCUT2D eigenvalue weighted by molar-refractivity contribution is 7.09. The lowest BCUT2D eigenvalue weighted by atomic mass is 9.77. The molecule has 0 radical (unpaired) electrons. The average molecular weight is 534 g/mol. The van der Waals surface area contributed by atoms with Gasteiger partial charge in [-0.05, 0) is 54.2 Å². The van der Waals surface area contributed by atoms with Crippen LogP contribution in [0, 0.1) is 5.41 Å². The number of benzene rings is 2. The van der Waals surface area contributed by atoms with Gasteiger partial charge in [0.2, 0.25) is 0 Å². The van der Waals surface area contributed by atoms with Crippen LogP contribution >= 0.6 is 11.3 Å². The Balaban J connectivity index is 1.45. The van der Waals surface area contributed by atoms with Crippen molar-refractivity contribution in [2.75, 3.05) is 13.2 Å². The van der Waals surface area contributed by atoms with Gasteiger partial charge in [-0.25, -0.2) is 4.98 Å². The van der Waals surface area contributed by atoms with E-state index in [2.05, 4.69) is 10.3 Å². The molecule has 10 heteroatoms. The van der Waals surface area contributed by atoms with E-state index in [-0.39, 0.29) is 29.6 Å². The maximum absolute atomic E-state index is 13.2. The van der Waals surface area contributed by atoms with Gasteiger partial charge in [-0.1, -0.05) is 37.3 Å². The second-order valence-corrected chi connectivity index (χ2v) is 10.5. The summed E-state index contributed by atoms with van der Waals surface area (Å²) in [6.07, 6.45) is -3.79. The molecule has 6 nitrogen and oxygen atoms in total. The first-order valence-corrected chi connectivity index (χ1v) is 12.9. The maximum atomic E-state index is 13.2. The first-order valence-electron chi connectivity index (χ1n) is 12.0. The molecule has 2 aromatic carbocycles. The van der Waals surface area contributed by atoms with Gasteiger partial charge in [0, 0.05) is 30.6 Å². The zero-order valence-corrected chi connectivity index (χ0v) is 21.5. The van der Waals surface area contributed by atoms with E-state index in [1.54, 1.807) is 29.6 Å². The monoisotopic (exact) mass is 533 g/mol. The summed E-state index contributed by atoms with van der Waals surface area (Å²) in [7, 11) is 0. The number of halogens is 3. The van der Waals surface area contributed by atoms with E-state index in [1.807, 2.05) is 13.8 Å². The summed E-state index contributed by atoms with van der Waals surface area (Å²) < 4.78 is 45.0. The molecule has 0 spiro atoms. The molecule has 1 unspecified atom stereocenters. The maximum Gasteiger partial charge on any atom is 0.416 e. The van der Waals surface area contributed by atoms with E-state index < -0.39 is 17.8 Å². The van der Waals surface area contributed by atoms with Crippen molar-refractivity contribution < 1.29 is 27.8 Å². The SMILES string of the molecule is C[C@@H](NC(=O)c1csc(C(O)C2(C)CCOCC2)n1)c1ccc(-c2cc(C(F)(F)F)ccc2CN)cc1. The van der Waals surface area contributed by atoms with Crippen LogP contribution in [0.3, 0.4) is 0 Å². The third kappa shape index (κ3) is 6.04. The normalized spacial score (nSPS) is 17.3. The Bertz CT molecular complexity index is 1240. The number of carbonyl (C=O) groups is 1. The van der Waals surface area contributed by atoms with Crippen LogP contribution in [-0.2, 0) is 17.5 Å². The number of thiazole rings is 1. The van der Waals surface area contributed by atoms with Crippen molar-refractivity contribution in [1.29, 1.82) is 0 Å². The molecule has 1 aliphatic heterocycles. The molecule has 2 atom stereocenters. The third-order valence-electron chi connectivity index (χ3n) is 7.01. The topological polar surface area (TPSA) is 97.5 Å². The number of alkyl halides is 3. The molecule has 0 aliphatic carbocycles. The molecule has 37 heavy (non-hydrogen) atoms. The summed E-state index contributed by atoms with van der Waals surface area (Å²) in [6, 6.07) is 10.1. The van der Waals surface area contributed by atoms with Crippen LogP contribution in [0.1, 0.15) is 71.0 Å². The van der Waals surface area contributed by atoms with Crippen molar-refractivity contribution in [3.8, 4) is 11.1 Å². The fraction of sp³-hybridized carbons (Fsp3) is 0.407. The summed E-state index contributed by atoms with van der Waals surface area (Å²) >= 11 is 1.25. The number of hydrogen-bond donors (Lipinski definition) is 3. The summed E-state index contributed by atoms with van der Waals surface area (Å²) in [6.45, 7) is 5.10. The fourth-order valence-electron chi connectivity index (χ4n) is 4.43. The Hall–Kier alpha value is -2.79. The lowest BCUT2D eigenvalue weighted by molar-refractivity contribution is -0.137. The first kappa shape index (κ1) is 27.3. The highest BCUT2D eigenvalue weighted by atomic mass is 32.1. The quantitative estimate of drug-likeness (QED) is 0.366. The minimum atomic E-state index is -4.45. The Morgan fingerprint density at radius 3 is 2.51 bits per heavy atom. The van der Waals surface area contributed by atoms with Crippen LogP contribution in [0.5, 0.6) is 0 Å². The number of ether oxygens (including phenoxy) is 1. The smallest absolute Gasteiger partial charge is 0.385 e. The molecule has 1 saturated heterocycles. The number of amides is 1. The first-order chi connectivity index (χ1) is 17.5. The van der Waals surface area contributed by atoms with Gasteiger partial charge in [0.1, 0.15) is 16.8 Å². The van der Waals surface area contributed by atoms with E-state index >= 15 is 0 Å². The number of nitrogens with two attached hydrogens (primary N) is 1. The van der Waals surface area contributed by atoms with Crippen molar-refractivity contribution >= 4 is 17.2 Å². The van der Waals surface area contributed by atoms with E-state index in [0.29, 0.717) is 34.9 Å². The van der Waals surface area contributed by atoms with Crippen LogP contribution in [0.2, 0.25) is 0 Å². The highest BCUT2D eigenvalue weighted by Gasteiger charge is 2.37. The number of aliphatic hydroxyl groups is 1. The number of hydrogen-bond acceptors (Lipinski definition) is 6. The number of rotatable bonds is 7. The van der Waals surface area contributed by atoms with Crippen molar-refractivity contribution in [2.24, 2.45) is 11.1 Å². The zero-order valence-electron chi connectivity index (χ0n) is 20.6. The predicted octanol–water partition coefficient (Wildman–Crippen LogP) is 5.63. The van der Waals surface area contributed by atoms with Crippen LogP contribution in [0.25, 0.3) is 11.1 Å². The molecular formula is C27H30F3N3O3S. The number of carbonyl (C=O) groups excluding carboxylic acids is 1.